The number of hydrazone groups is 1. The molecule has 25 heavy (non-hydrogen) atoms. The largest absolute Gasteiger partial charge is 0.438 e. The van der Waals surface area contributed by atoms with Crippen LogP contribution in [0.5, 0.6) is 0 Å². The molecule has 0 saturated carbocycles. The summed E-state index contributed by atoms with van der Waals surface area (Å²) in [5, 5.41) is 14.2. The highest BCUT2D eigenvalue weighted by Gasteiger charge is 2.63. The summed E-state index contributed by atoms with van der Waals surface area (Å²) < 4.78 is 40.6. The van der Waals surface area contributed by atoms with Crippen LogP contribution in [0.1, 0.15) is 27.9 Å². The second-order valence-electron chi connectivity index (χ2n) is 5.89. The van der Waals surface area contributed by atoms with E-state index >= 15 is 0 Å². The number of aliphatic hydroxyl groups is 1. The van der Waals surface area contributed by atoms with Crippen LogP contribution in [0, 0.1) is 6.92 Å². The number of hydrogen-bond acceptors (Lipinski definition) is 3. The molecule has 0 saturated heterocycles. The van der Waals surface area contributed by atoms with Crippen LogP contribution in [0.4, 0.5) is 13.2 Å². The minimum absolute atomic E-state index is 0.00132. The number of nitrogens with zero attached hydrogens (tertiary/aromatic N) is 2. The van der Waals surface area contributed by atoms with Gasteiger partial charge in [-0.25, -0.2) is 0 Å². The number of amides is 1. The average molecular weight is 348 g/mol. The molecule has 0 bridgehead atoms. The molecule has 0 unspecified atom stereocenters. The topological polar surface area (TPSA) is 52.9 Å². The Morgan fingerprint density at radius 1 is 1.16 bits per heavy atom. The number of carbonyl (C=O) groups is 1. The molecule has 1 aliphatic rings. The van der Waals surface area contributed by atoms with E-state index in [0.717, 1.165) is 0 Å². The maximum Gasteiger partial charge on any atom is 0.438 e. The molecule has 0 aromatic heterocycles. The molecule has 2 aromatic rings. The molecule has 7 heteroatoms. The Balaban J connectivity index is 2.06. The van der Waals surface area contributed by atoms with Crippen molar-refractivity contribution in [2.75, 3.05) is 0 Å². The number of carbonyl (C=O) groups excluding carboxylic acids is 1. The van der Waals surface area contributed by atoms with Crippen molar-refractivity contribution in [1.82, 2.24) is 5.01 Å². The Kier molecular flexibility index (Phi) is 4.12. The highest BCUT2D eigenvalue weighted by atomic mass is 19.4. The zero-order valence-corrected chi connectivity index (χ0v) is 13.3. The first-order chi connectivity index (χ1) is 11.7. The molecule has 0 spiro atoms. The van der Waals surface area contributed by atoms with Gasteiger partial charge >= 0.3 is 6.18 Å². The summed E-state index contributed by atoms with van der Waals surface area (Å²) in [5.41, 5.74) is -2.21. The van der Waals surface area contributed by atoms with E-state index in [2.05, 4.69) is 5.10 Å². The van der Waals surface area contributed by atoms with Gasteiger partial charge in [0.15, 0.2) is 0 Å². The van der Waals surface area contributed by atoms with E-state index in [0.29, 0.717) is 11.1 Å². The highest BCUT2D eigenvalue weighted by Crippen LogP contribution is 2.41. The van der Waals surface area contributed by atoms with Crippen molar-refractivity contribution in [2.24, 2.45) is 5.10 Å². The molecule has 1 amide bonds. The minimum atomic E-state index is -5.05. The molecule has 0 radical (unpaired) electrons. The summed E-state index contributed by atoms with van der Waals surface area (Å²) >= 11 is 0. The predicted molar refractivity (Wildman–Crippen MR) is 85.9 cm³/mol. The Morgan fingerprint density at radius 3 is 2.44 bits per heavy atom. The Bertz CT molecular complexity index is 834. The van der Waals surface area contributed by atoms with Gasteiger partial charge in [0.1, 0.15) is 0 Å². The fourth-order valence-electron chi connectivity index (χ4n) is 2.67. The maximum atomic E-state index is 13.5. The van der Waals surface area contributed by atoms with Gasteiger partial charge in [-0.1, -0.05) is 48.0 Å². The molecule has 4 nitrogen and oxygen atoms in total. The quantitative estimate of drug-likeness (QED) is 0.903. The summed E-state index contributed by atoms with van der Waals surface area (Å²) in [6, 6.07) is 14.3. The van der Waals surface area contributed by atoms with Gasteiger partial charge in [0.2, 0.25) is 0 Å². The van der Waals surface area contributed by atoms with E-state index in [1.807, 2.05) is 0 Å². The van der Waals surface area contributed by atoms with Crippen LogP contribution >= 0.6 is 0 Å². The van der Waals surface area contributed by atoms with Crippen molar-refractivity contribution in [3.05, 3.63) is 71.3 Å². The van der Waals surface area contributed by atoms with Crippen LogP contribution in [0.15, 0.2) is 59.7 Å². The second kappa shape index (κ2) is 6.00. The van der Waals surface area contributed by atoms with Crippen LogP contribution in [-0.4, -0.2) is 33.6 Å². The third-order valence-electron chi connectivity index (χ3n) is 4.00. The van der Waals surface area contributed by atoms with Crippen molar-refractivity contribution in [1.29, 1.82) is 0 Å². The van der Waals surface area contributed by atoms with E-state index in [-0.39, 0.29) is 16.3 Å². The van der Waals surface area contributed by atoms with Crippen molar-refractivity contribution in [2.45, 2.75) is 25.2 Å². The molecule has 1 atom stereocenters. The predicted octanol–water partition coefficient (Wildman–Crippen LogP) is 3.50. The van der Waals surface area contributed by atoms with Gasteiger partial charge < -0.3 is 5.11 Å². The van der Waals surface area contributed by atoms with E-state index in [4.69, 9.17) is 0 Å². The van der Waals surface area contributed by atoms with Gasteiger partial charge in [-0.3, -0.25) is 4.79 Å². The summed E-state index contributed by atoms with van der Waals surface area (Å²) in [7, 11) is 0. The molecular weight excluding hydrogens is 333 g/mol. The first-order valence-electron chi connectivity index (χ1n) is 7.55. The van der Waals surface area contributed by atoms with Crippen LogP contribution in [0.2, 0.25) is 0 Å². The lowest BCUT2D eigenvalue weighted by molar-refractivity contribution is -0.297. The fraction of sp³-hybridized carbons (Fsp3) is 0.222. The summed E-state index contributed by atoms with van der Waals surface area (Å²) in [6.45, 7) is 1.72. The van der Waals surface area contributed by atoms with E-state index in [1.54, 1.807) is 49.4 Å². The van der Waals surface area contributed by atoms with Crippen molar-refractivity contribution in [3.63, 3.8) is 0 Å². The maximum absolute atomic E-state index is 13.5. The third-order valence-corrected chi connectivity index (χ3v) is 4.00. The lowest BCUT2D eigenvalue weighted by atomic mass is 10.0. The lowest BCUT2D eigenvalue weighted by Gasteiger charge is -2.32. The summed E-state index contributed by atoms with van der Waals surface area (Å²) in [6.07, 6.45) is -5.87. The normalized spacial score (nSPS) is 20.5. The van der Waals surface area contributed by atoms with Crippen molar-refractivity contribution < 1.29 is 23.1 Å². The minimum Gasteiger partial charge on any atom is -0.362 e. The Labute approximate surface area is 142 Å². The Hall–Kier alpha value is -2.67. The number of rotatable bonds is 2. The van der Waals surface area contributed by atoms with Gasteiger partial charge in [0.05, 0.1) is 12.1 Å². The van der Waals surface area contributed by atoms with Crippen LogP contribution < -0.4 is 0 Å². The van der Waals surface area contributed by atoms with Crippen LogP contribution in [0.3, 0.4) is 0 Å². The van der Waals surface area contributed by atoms with Crippen LogP contribution in [-0.2, 0) is 0 Å². The van der Waals surface area contributed by atoms with Gasteiger partial charge in [-0.05, 0) is 24.6 Å². The average Bonchev–Trinajstić information content (AvgIpc) is 2.94. The molecule has 3 rings (SSSR count). The standard InChI is InChI=1S/C18H15F3N2O2/c1-12-6-5-9-14(10-12)16(24)23-17(25,18(19,20)21)11-15(22-23)13-7-3-2-4-8-13/h2-10,25H,11H2,1H3/t17-/m0/s1. The molecule has 2 aromatic carbocycles. The van der Waals surface area contributed by atoms with Gasteiger partial charge in [-0.2, -0.15) is 23.3 Å². The van der Waals surface area contributed by atoms with Gasteiger partial charge in [-0.15, -0.1) is 0 Å². The number of hydrogen-bond donors (Lipinski definition) is 1. The SMILES string of the molecule is Cc1cccc(C(=O)N2N=C(c3ccccc3)C[C@]2(O)C(F)(F)F)c1. The smallest absolute Gasteiger partial charge is 0.362 e. The molecule has 1 N–H and O–H groups in total. The number of halogens is 3. The zero-order valence-electron chi connectivity index (χ0n) is 13.3. The number of aryl methyl sites for hydroxylation is 1. The first kappa shape index (κ1) is 17.2. The fourth-order valence-corrected chi connectivity index (χ4v) is 2.67. The van der Waals surface area contributed by atoms with E-state index < -0.39 is 24.2 Å². The molecule has 0 fully saturated rings. The molecule has 1 heterocycles. The molecule has 130 valence electrons. The van der Waals surface area contributed by atoms with Crippen LogP contribution in [0.25, 0.3) is 0 Å². The van der Waals surface area contributed by atoms with Gasteiger partial charge in [0.25, 0.3) is 11.6 Å². The Morgan fingerprint density at radius 2 is 1.84 bits per heavy atom. The highest BCUT2D eigenvalue weighted by molar-refractivity contribution is 6.05. The van der Waals surface area contributed by atoms with Gasteiger partial charge in [0, 0.05) is 5.56 Å². The van der Waals surface area contributed by atoms with Crippen molar-refractivity contribution in [3.8, 4) is 0 Å². The lowest BCUT2D eigenvalue weighted by Crippen LogP contribution is -2.56. The summed E-state index contributed by atoms with van der Waals surface area (Å²) in [4.78, 5) is 12.6. The first-order valence-corrected chi connectivity index (χ1v) is 7.55. The number of benzene rings is 2. The van der Waals surface area contributed by atoms with E-state index in [9.17, 15) is 23.1 Å². The molecule has 1 aliphatic heterocycles. The summed E-state index contributed by atoms with van der Waals surface area (Å²) in [5.74, 6) is -1.01. The third kappa shape index (κ3) is 3.02. The monoisotopic (exact) mass is 348 g/mol. The molecular formula is C18H15F3N2O2. The second-order valence-corrected chi connectivity index (χ2v) is 5.89. The number of alkyl halides is 3. The zero-order chi connectivity index (χ0) is 18.2. The van der Waals surface area contributed by atoms with Crippen molar-refractivity contribution >= 4 is 11.6 Å². The van der Waals surface area contributed by atoms with E-state index in [1.165, 1.54) is 12.1 Å². The molecule has 0 aliphatic carbocycles.